The summed E-state index contributed by atoms with van der Waals surface area (Å²) in [7, 11) is 2.01. The molecule has 0 amide bonds. The third kappa shape index (κ3) is 4.30. The highest BCUT2D eigenvalue weighted by atomic mass is 15.2. The molecule has 0 aliphatic heterocycles. The molecule has 0 aliphatic rings. The van der Waals surface area contributed by atoms with Gasteiger partial charge in [-0.1, -0.05) is 13.8 Å². The first-order chi connectivity index (χ1) is 8.04. The molecule has 4 heteroatoms. The molecule has 1 heterocycles. The molecule has 0 radical (unpaired) electrons. The van der Waals surface area contributed by atoms with Crippen LogP contribution < -0.4 is 10.2 Å². The lowest BCUT2D eigenvalue weighted by Gasteiger charge is -2.16. The summed E-state index contributed by atoms with van der Waals surface area (Å²) in [5, 5.41) is 3.41. The highest BCUT2D eigenvalue weighted by Gasteiger charge is 2.06. The maximum Gasteiger partial charge on any atom is 0.225 e. The molecule has 0 spiro atoms. The number of nitrogens with one attached hydrogen (secondary N) is 1. The van der Waals surface area contributed by atoms with Crippen molar-refractivity contribution in [3.8, 4) is 0 Å². The Hall–Kier alpha value is -1.16. The minimum Gasteiger partial charge on any atom is -0.344 e. The van der Waals surface area contributed by atoms with Crippen molar-refractivity contribution in [3.63, 3.8) is 0 Å². The van der Waals surface area contributed by atoms with E-state index in [0.717, 1.165) is 31.3 Å². The normalized spacial score (nSPS) is 10.9. The van der Waals surface area contributed by atoms with E-state index in [0.29, 0.717) is 5.92 Å². The van der Waals surface area contributed by atoms with Crippen LogP contribution in [0, 0.1) is 12.8 Å². The Labute approximate surface area is 104 Å². The largest absolute Gasteiger partial charge is 0.344 e. The van der Waals surface area contributed by atoms with Gasteiger partial charge in [-0.15, -0.1) is 0 Å². The van der Waals surface area contributed by atoms with Crippen LogP contribution in [-0.4, -0.2) is 30.1 Å². The molecular formula is C13H24N4. The summed E-state index contributed by atoms with van der Waals surface area (Å²) in [6.45, 7) is 11.3. The molecule has 0 unspecified atom stereocenters. The number of rotatable bonds is 6. The Morgan fingerprint density at radius 2 is 2.12 bits per heavy atom. The van der Waals surface area contributed by atoms with E-state index in [-0.39, 0.29) is 0 Å². The maximum absolute atomic E-state index is 4.52. The average molecular weight is 236 g/mol. The molecule has 96 valence electrons. The maximum atomic E-state index is 4.52. The van der Waals surface area contributed by atoms with Crippen molar-refractivity contribution in [2.45, 2.75) is 34.2 Å². The minimum atomic E-state index is 0.668. The Morgan fingerprint density at radius 3 is 2.65 bits per heavy atom. The monoisotopic (exact) mass is 236 g/mol. The lowest BCUT2D eigenvalue weighted by Crippen LogP contribution is -2.22. The van der Waals surface area contributed by atoms with Gasteiger partial charge in [-0.2, -0.15) is 0 Å². The smallest absolute Gasteiger partial charge is 0.225 e. The van der Waals surface area contributed by atoms with Crippen molar-refractivity contribution in [1.82, 2.24) is 15.3 Å². The summed E-state index contributed by atoms with van der Waals surface area (Å²) in [5.74, 6) is 1.47. The highest BCUT2D eigenvalue weighted by molar-refractivity contribution is 5.31. The number of aromatic nitrogens is 2. The zero-order chi connectivity index (χ0) is 12.8. The van der Waals surface area contributed by atoms with Gasteiger partial charge in [0, 0.05) is 37.6 Å². The summed E-state index contributed by atoms with van der Waals surface area (Å²) in [6.07, 6.45) is 1.93. The fourth-order valence-corrected chi connectivity index (χ4v) is 1.47. The van der Waals surface area contributed by atoms with Crippen LogP contribution in [-0.2, 0) is 6.54 Å². The standard InChI is InChI=1S/C13H24N4/c1-6-17(5)13-15-9-12(11(4)16-13)8-14-7-10(2)3/h9-10,14H,6-8H2,1-5H3. The fraction of sp³-hybridized carbons (Fsp3) is 0.692. The van der Waals surface area contributed by atoms with Crippen LogP contribution in [0.5, 0.6) is 0 Å². The van der Waals surface area contributed by atoms with E-state index in [1.165, 1.54) is 5.56 Å². The number of anilines is 1. The van der Waals surface area contributed by atoms with Gasteiger partial charge in [0.15, 0.2) is 0 Å². The van der Waals surface area contributed by atoms with Crippen molar-refractivity contribution in [1.29, 1.82) is 0 Å². The van der Waals surface area contributed by atoms with E-state index in [2.05, 4.69) is 36.1 Å². The van der Waals surface area contributed by atoms with Crippen LogP contribution in [0.25, 0.3) is 0 Å². The quantitative estimate of drug-likeness (QED) is 0.820. The second kappa shape index (κ2) is 6.55. The predicted octanol–water partition coefficient (Wildman–Crippen LogP) is 1.99. The second-order valence-corrected chi connectivity index (χ2v) is 4.82. The topological polar surface area (TPSA) is 41.1 Å². The number of hydrogen-bond donors (Lipinski definition) is 1. The number of nitrogens with zero attached hydrogens (tertiary/aromatic N) is 3. The van der Waals surface area contributed by atoms with Crippen molar-refractivity contribution < 1.29 is 0 Å². The summed E-state index contributed by atoms with van der Waals surface area (Å²) in [4.78, 5) is 10.9. The Bertz CT molecular complexity index is 349. The SMILES string of the molecule is CCN(C)c1ncc(CNCC(C)C)c(C)n1. The molecule has 0 aliphatic carbocycles. The molecule has 1 N–H and O–H groups in total. The van der Waals surface area contributed by atoms with E-state index < -0.39 is 0 Å². The molecular weight excluding hydrogens is 212 g/mol. The first kappa shape index (κ1) is 13.9. The lowest BCUT2D eigenvalue weighted by atomic mass is 10.2. The van der Waals surface area contributed by atoms with Gasteiger partial charge in [0.05, 0.1) is 0 Å². The summed E-state index contributed by atoms with van der Waals surface area (Å²) < 4.78 is 0. The van der Waals surface area contributed by atoms with Crippen LogP contribution in [0.15, 0.2) is 6.20 Å². The average Bonchev–Trinajstić information content (AvgIpc) is 2.29. The van der Waals surface area contributed by atoms with Crippen molar-refractivity contribution in [2.75, 3.05) is 25.0 Å². The van der Waals surface area contributed by atoms with Crippen LogP contribution in [0.1, 0.15) is 32.0 Å². The summed E-state index contributed by atoms with van der Waals surface area (Å²) >= 11 is 0. The van der Waals surface area contributed by atoms with Crippen LogP contribution in [0.4, 0.5) is 5.95 Å². The molecule has 0 saturated carbocycles. The predicted molar refractivity (Wildman–Crippen MR) is 72.3 cm³/mol. The van der Waals surface area contributed by atoms with Gasteiger partial charge in [-0.25, -0.2) is 9.97 Å². The van der Waals surface area contributed by atoms with E-state index in [4.69, 9.17) is 0 Å². The second-order valence-electron chi connectivity index (χ2n) is 4.82. The van der Waals surface area contributed by atoms with Gasteiger partial charge in [0.1, 0.15) is 0 Å². The van der Waals surface area contributed by atoms with E-state index in [1.54, 1.807) is 0 Å². The highest BCUT2D eigenvalue weighted by Crippen LogP contribution is 2.09. The number of hydrogen-bond acceptors (Lipinski definition) is 4. The molecule has 0 fully saturated rings. The fourth-order valence-electron chi connectivity index (χ4n) is 1.47. The molecule has 17 heavy (non-hydrogen) atoms. The van der Waals surface area contributed by atoms with Crippen LogP contribution in [0.2, 0.25) is 0 Å². The first-order valence-corrected chi connectivity index (χ1v) is 6.29. The summed E-state index contributed by atoms with van der Waals surface area (Å²) in [6, 6.07) is 0. The Kier molecular flexibility index (Phi) is 5.35. The zero-order valence-corrected chi connectivity index (χ0v) is 11.6. The lowest BCUT2D eigenvalue weighted by molar-refractivity contribution is 0.550. The molecule has 1 aromatic heterocycles. The van der Waals surface area contributed by atoms with E-state index in [9.17, 15) is 0 Å². The Balaban J connectivity index is 2.63. The van der Waals surface area contributed by atoms with Gasteiger partial charge in [-0.05, 0) is 26.3 Å². The van der Waals surface area contributed by atoms with E-state index >= 15 is 0 Å². The molecule has 0 aromatic carbocycles. The third-order valence-electron chi connectivity index (χ3n) is 2.75. The molecule has 4 nitrogen and oxygen atoms in total. The molecule has 0 bridgehead atoms. The van der Waals surface area contributed by atoms with Crippen LogP contribution >= 0.6 is 0 Å². The van der Waals surface area contributed by atoms with Crippen LogP contribution in [0.3, 0.4) is 0 Å². The third-order valence-corrected chi connectivity index (χ3v) is 2.75. The Morgan fingerprint density at radius 1 is 1.41 bits per heavy atom. The van der Waals surface area contributed by atoms with Gasteiger partial charge < -0.3 is 10.2 Å². The van der Waals surface area contributed by atoms with E-state index in [1.807, 2.05) is 25.1 Å². The van der Waals surface area contributed by atoms with Gasteiger partial charge in [0.25, 0.3) is 0 Å². The minimum absolute atomic E-state index is 0.668. The molecule has 1 rings (SSSR count). The van der Waals surface area contributed by atoms with Gasteiger partial charge in [-0.3, -0.25) is 0 Å². The molecule has 1 aromatic rings. The van der Waals surface area contributed by atoms with Gasteiger partial charge in [0.2, 0.25) is 5.95 Å². The summed E-state index contributed by atoms with van der Waals surface area (Å²) in [5.41, 5.74) is 2.24. The van der Waals surface area contributed by atoms with Crippen molar-refractivity contribution in [3.05, 3.63) is 17.5 Å². The molecule has 0 saturated heterocycles. The van der Waals surface area contributed by atoms with Crippen molar-refractivity contribution in [2.24, 2.45) is 5.92 Å². The first-order valence-electron chi connectivity index (χ1n) is 6.29. The molecule has 0 atom stereocenters. The number of aryl methyl sites for hydroxylation is 1. The van der Waals surface area contributed by atoms with Gasteiger partial charge >= 0.3 is 0 Å². The zero-order valence-electron chi connectivity index (χ0n) is 11.6. The van der Waals surface area contributed by atoms with Crippen molar-refractivity contribution >= 4 is 5.95 Å².